The second-order valence-corrected chi connectivity index (χ2v) is 9.51. The van der Waals surface area contributed by atoms with Gasteiger partial charge in [0.05, 0.1) is 52.7 Å². The van der Waals surface area contributed by atoms with Gasteiger partial charge in [-0.2, -0.15) is 15.3 Å². The summed E-state index contributed by atoms with van der Waals surface area (Å²) in [6.07, 6.45) is 12.9. The highest BCUT2D eigenvalue weighted by molar-refractivity contribution is 5.46. The van der Waals surface area contributed by atoms with Crippen molar-refractivity contribution in [3.05, 3.63) is 102 Å². The predicted molar refractivity (Wildman–Crippen MR) is 149 cm³/mol. The first-order chi connectivity index (χ1) is 19.3. The van der Waals surface area contributed by atoms with Gasteiger partial charge in [0.25, 0.3) is 6.33 Å². The fourth-order valence-corrected chi connectivity index (χ4v) is 4.31. The fraction of sp³-hybridized carbons (Fsp3) is 0.148. The van der Waals surface area contributed by atoms with Crippen LogP contribution in [0, 0.1) is 13.8 Å². The summed E-state index contributed by atoms with van der Waals surface area (Å²) in [6, 6.07) is 9.56. The lowest BCUT2D eigenvalue weighted by Crippen LogP contribution is -2.35. The van der Waals surface area contributed by atoms with E-state index in [4.69, 9.17) is 27.3 Å². The molecule has 13 heteroatoms. The minimum Gasteiger partial charge on any atom is -0.396 e. The summed E-state index contributed by atoms with van der Waals surface area (Å²) in [4.78, 5) is 13.3. The molecule has 0 atom stereocenters. The zero-order valence-electron chi connectivity index (χ0n) is 22.0. The van der Waals surface area contributed by atoms with Crippen LogP contribution in [0.2, 0.25) is 0 Å². The number of aryl methyl sites for hydroxylation is 2. The summed E-state index contributed by atoms with van der Waals surface area (Å²) in [5, 5.41) is 13.8. The Bertz CT molecular complexity index is 1810. The van der Waals surface area contributed by atoms with Gasteiger partial charge in [-0.3, -0.25) is 4.98 Å². The molecule has 0 saturated carbocycles. The maximum absolute atomic E-state index is 6.34. The van der Waals surface area contributed by atoms with Gasteiger partial charge >= 0.3 is 0 Å². The Morgan fingerprint density at radius 3 is 2.35 bits per heavy atom. The Morgan fingerprint density at radius 1 is 0.825 bits per heavy atom. The quantitative estimate of drug-likeness (QED) is 0.258. The number of nitrogens with zero attached hydrogens (tertiary/aromatic N) is 10. The molecular weight excluding hydrogens is 506 g/mol. The van der Waals surface area contributed by atoms with E-state index in [1.165, 1.54) is 0 Å². The van der Waals surface area contributed by atoms with E-state index in [0.717, 1.165) is 34.2 Å². The number of hydrogen-bond donors (Lipinski definition) is 3. The predicted octanol–water partition coefficient (Wildman–Crippen LogP) is 1.72. The van der Waals surface area contributed by atoms with Gasteiger partial charge in [-0.05, 0) is 38.1 Å². The third-order valence-electron chi connectivity index (χ3n) is 6.42. The molecule has 0 bridgehead atoms. The van der Waals surface area contributed by atoms with Gasteiger partial charge in [-0.15, -0.1) is 0 Å². The molecule has 0 amide bonds. The number of aromatic nitrogens is 10. The number of rotatable bonds is 7. The van der Waals surface area contributed by atoms with Crippen LogP contribution in [0.3, 0.4) is 0 Å². The molecule has 0 aliphatic heterocycles. The van der Waals surface area contributed by atoms with Crippen molar-refractivity contribution in [2.24, 2.45) is 0 Å². The van der Waals surface area contributed by atoms with E-state index in [-0.39, 0.29) is 0 Å². The summed E-state index contributed by atoms with van der Waals surface area (Å²) in [6.45, 7) is 4.22. The average molecular weight is 535 g/mol. The molecule has 0 aromatic carbocycles. The molecule has 40 heavy (non-hydrogen) atoms. The SMILES string of the molecule is Cc1cc(-n2cc(N)c(C[n+]3cncc(-n4cc(N)c(Cc5cccc(-n6cc(N)c(C)n6)n5)n4)c3)n2)ccn1. The van der Waals surface area contributed by atoms with Crippen molar-refractivity contribution < 1.29 is 4.57 Å². The number of nitrogen functional groups attached to an aromatic ring is 3. The van der Waals surface area contributed by atoms with Gasteiger partial charge in [0.15, 0.2) is 12.0 Å². The van der Waals surface area contributed by atoms with E-state index in [2.05, 4.69) is 20.2 Å². The molecule has 200 valence electrons. The highest BCUT2D eigenvalue weighted by Crippen LogP contribution is 2.19. The molecule has 6 heterocycles. The number of nitrogens with two attached hydrogens (primary N) is 3. The first-order valence-electron chi connectivity index (χ1n) is 12.6. The van der Waals surface area contributed by atoms with Crippen molar-refractivity contribution in [2.75, 3.05) is 17.2 Å². The topological polar surface area (TPSA) is 174 Å². The summed E-state index contributed by atoms with van der Waals surface area (Å²) in [7, 11) is 0. The molecule has 0 aliphatic carbocycles. The van der Waals surface area contributed by atoms with Crippen molar-refractivity contribution >= 4 is 17.1 Å². The highest BCUT2D eigenvalue weighted by Gasteiger charge is 2.15. The van der Waals surface area contributed by atoms with Gasteiger partial charge in [0.2, 0.25) is 0 Å². The third kappa shape index (κ3) is 4.95. The number of hydrogen-bond acceptors (Lipinski definition) is 9. The first-order valence-corrected chi connectivity index (χ1v) is 12.6. The molecule has 13 nitrogen and oxygen atoms in total. The van der Waals surface area contributed by atoms with Crippen LogP contribution in [-0.2, 0) is 13.0 Å². The van der Waals surface area contributed by atoms with Crippen molar-refractivity contribution in [3.8, 4) is 17.2 Å². The van der Waals surface area contributed by atoms with E-state index in [9.17, 15) is 0 Å². The molecule has 0 fully saturated rings. The largest absolute Gasteiger partial charge is 0.396 e. The van der Waals surface area contributed by atoms with E-state index in [1.54, 1.807) is 51.4 Å². The molecule has 6 aromatic heterocycles. The first kappa shape index (κ1) is 24.7. The zero-order valence-corrected chi connectivity index (χ0v) is 22.0. The molecular formula is C27H28N13+. The normalized spacial score (nSPS) is 11.2. The van der Waals surface area contributed by atoms with Crippen LogP contribution in [0.25, 0.3) is 17.2 Å². The Balaban J connectivity index is 1.21. The molecule has 0 saturated heterocycles. The highest BCUT2D eigenvalue weighted by atomic mass is 15.3. The maximum atomic E-state index is 6.34. The number of anilines is 3. The number of pyridine rings is 2. The lowest BCUT2D eigenvalue weighted by atomic mass is 10.2. The van der Waals surface area contributed by atoms with Crippen molar-refractivity contribution in [2.45, 2.75) is 26.8 Å². The minimum absolute atomic E-state index is 0.432. The van der Waals surface area contributed by atoms with E-state index in [1.807, 2.05) is 54.9 Å². The molecule has 0 aliphatic rings. The smallest absolute Gasteiger partial charge is 0.286 e. The van der Waals surface area contributed by atoms with E-state index < -0.39 is 0 Å². The molecule has 0 spiro atoms. The van der Waals surface area contributed by atoms with E-state index >= 15 is 0 Å². The van der Waals surface area contributed by atoms with Crippen LogP contribution in [0.1, 0.15) is 28.5 Å². The Labute approximate surface area is 229 Å². The van der Waals surface area contributed by atoms with Crippen LogP contribution >= 0.6 is 0 Å². The van der Waals surface area contributed by atoms with Crippen LogP contribution in [0.4, 0.5) is 17.1 Å². The van der Waals surface area contributed by atoms with Gasteiger partial charge in [-0.25, -0.2) is 23.6 Å². The average Bonchev–Trinajstić information content (AvgIpc) is 3.61. The molecule has 0 radical (unpaired) electrons. The fourth-order valence-electron chi connectivity index (χ4n) is 4.31. The second-order valence-electron chi connectivity index (χ2n) is 9.51. The Morgan fingerprint density at radius 2 is 1.57 bits per heavy atom. The van der Waals surface area contributed by atoms with Crippen LogP contribution in [0.5, 0.6) is 0 Å². The summed E-state index contributed by atoms with van der Waals surface area (Å²) < 4.78 is 7.02. The summed E-state index contributed by atoms with van der Waals surface area (Å²) in [5.74, 6) is 0.671. The van der Waals surface area contributed by atoms with Gasteiger partial charge in [-0.1, -0.05) is 11.1 Å². The van der Waals surface area contributed by atoms with Gasteiger partial charge in [0.1, 0.15) is 24.1 Å². The third-order valence-corrected chi connectivity index (χ3v) is 6.42. The second kappa shape index (κ2) is 9.94. The Kier molecular flexibility index (Phi) is 6.15. The lowest BCUT2D eigenvalue weighted by Gasteiger charge is -2.04. The van der Waals surface area contributed by atoms with E-state index in [0.29, 0.717) is 41.5 Å². The van der Waals surface area contributed by atoms with Crippen LogP contribution in [-0.4, -0.2) is 44.3 Å². The van der Waals surface area contributed by atoms with Crippen molar-refractivity contribution in [1.29, 1.82) is 0 Å². The standard InChI is InChI=1S/C27H28N13/c1-17-8-20(6-7-32-17)38-14-24(30)26(36-38)15-37-11-21(10-31-16-37)39-13-23(29)25(35-39)9-19-4-3-5-27(33-19)40-12-22(28)18(2)34-40/h3-8,10-14,16H,9,15,28-30H2,1-2H3/q+1. The molecule has 6 rings (SSSR count). The zero-order chi connectivity index (χ0) is 27.8. The summed E-state index contributed by atoms with van der Waals surface area (Å²) >= 11 is 0. The lowest BCUT2D eigenvalue weighted by molar-refractivity contribution is -0.691. The molecule has 6 N–H and O–H groups in total. The summed E-state index contributed by atoms with van der Waals surface area (Å²) in [5.41, 5.74) is 25.8. The monoisotopic (exact) mass is 534 g/mol. The maximum Gasteiger partial charge on any atom is 0.286 e. The Hall–Kier alpha value is -5.59. The van der Waals surface area contributed by atoms with Crippen LogP contribution in [0.15, 0.2) is 73.8 Å². The van der Waals surface area contributed by atoms with Crippen LogP contribution < -0.4 is 21.8 Å². The molecule has 0 unspecified atom stereocenters. The van der Waals surface area contributed by atoms with Crippen molar-refractivity contribution in [3.63, 3.8) is 0 Å². The van der Waals surface area contributed by atoms with Crippen molar-refractivity contribution in [1.82, 2.24) is 44.3 Å². The minimum atomic E-state index is 0.432. The molecule has 6 aromatic rings. The van der Waals surface area contributed by atoms with Gasteiger partial charge < -0.3 is 17.2 Å². The van der Waals surface area contributed by atoms with Gasteiger partial charge in [0, 0.05) is 24.0 Å².